The summed E-state index contributed by atoms with van der Waals surface area (Å²) in [7, 11) is -1.65. The first kappa shape index (κ1) is 14.0. The lowest BCUT2D eigenvalue weighted by Gasteiger charge is -2.15. The van der Waals surface area contributed by atoms with Crippen LogP contribution in [0.3, 0.4) is 0 Å². The van der Waals surface area contributed by atoms with E-state index in [-0.39, 0.29) is 11.2 Å². The average molecular weight is 240 g/mol. The van der Waals surface area contributed by atoms with Crippen LogP contribution in [0.25, 0.3) is 0 Å². The molecule has 0 aromatic heterocycles. The second kappa shape index (κ2) is 6.62. The largest absolute Gasteiger partial charge is 0.494 e. The summed E-state index contributed by atoms with van der Waals surface area (Å²) in [6.07, 6.45) is 2.08. The van der Waals surface area contributed by atoms with Gasteiger partial charge in [0.2, 0.25) is 0 Å². The van der Waals surface area contributed by atoms with Crippen molar-refractivity contribution in [3.8, 4) is 5.75 Å². The van der Waals surface area contributed by atoms with E-state index in [0.29, 0.717) is 12.5 Å². The van der Waals surface area contributed by atoms with Crippen LogP contribution in [-0.2, 0) is 0 Å². The van der Waals surface area contributed by atoms with Gasteiger partial charge < -0.3 is 14.8 Å². The van der Waals surface area contributed by atoms with E-state index >= 15 is 0 Å². The van der Waals surface area contributed by atoms with Crippen molar-refractivity contribution in [3.05, 3.63) is 24.0 Å². The maximum Gasteiger partial charge on any atom is 0.492 e. The van der Waals surface area contributed by atoms with Crippen LogP contribution in [-0.4, -0.2) is 23.8 Å². The molecule has 2 N–H and O–H groups in total. The first-order chi connectivity index (χ1) is 8.04. The SMILES string of the molecule is CCCC(C)COc1cc(F)ccc1B(O)O. The van der Waals surface area contributed by atoms with E-state index in [1.54, 1.807) is 0 Å². The van der Waals surface area contributed by atoms with Crippen molar-refractivity contribution < 1.29 is 19.2 Å². The fourth-order valence-corrected chi connectivity index (χ4v) is 1.65. The maximum absolute atomic E-state index is 13.0. The van der Waals surface area contributed by atoms with Gasteiger partial charge in [-0.3, -0.25) is 0 Å². The molecule has 5 heteroatoms. The van der Waals surface area contributed by atoms with Crippen molar-refractivity contribution in [2.45, 2.75) is 26.7 Å². The molecule has 0 saturated heterocycles. The van der Waals surface area contributed by atoms with E-state index in [1.807, 2.05) is 6.92 Å². The predicted octanol–water partition coefficient (Wildman–Crippen LogP) is 1.32. The number of benzene rings is 1. The normalized spacial score (nSPS) is 12.3. The zero-order chi connectivity index (χ0) is 12.8. The molecule has 17 heavy (non-hydrogen) atoms. The van der Waals surface area contributed by atoms with Gasteiger partial charge in [-0.05, 0) is 18.4 Å². The molecule has 0 aliphatic rings. The van der Waals surface area contributed by atoms with Gasteiger partial charge in [0.25, 0.3) is 0 Å². The van der Waals surface area contributed by atoms with Gasteiger partial charge in [0.1, 0.15) is 11.6 Å². The topological polar surface area (TPSA) is 49.7 Å². The minimum Gasteiger partial charge on any atom is -0.494 e. The molecule has 0 aliphatic heterocycles. The minimum atomic E-state index is -1.65. The highest BCUT2D eigenvalue weighted by Gasteiger charge is 2.18. The maximum atomic E-state index is 13.0. The Hall–Kier alpha value is -1.07. The average Bonchev–Trinajstić information content (AvgIpc) is 2.26. The molecule has 0 aliphatic carbocycles. The molecule has 1 aromatic carbocycles. The fraction of sp³-hybridized carbons (Fsp3) is 0.500. The summed E-state index contributed by atoms with van der Waals surface area (Å²) in [5.74, 6) is 0.0995. The molecule has 0 bridgehead atoms. The highest BCUT2D eigenvalue weighted by atomic mass is 19.1. The molecular formula is C12H18BFO3. The van der Waals surface area contributed by atoms with Gasteiger partial charge in [-0.15, -0.1) is 0 Å². The number of hydrogen-bond acceptors (Lipinski definition) is 3. The molecule has 3 nitrogen and oxygen atoms in total. The Balaban J connectivity index is 2.71. The molecule has 0 spiro atoms. The van der Waals surface area contributed by atoms with Crippen LogP contribution in [0, 0.1) is 11.7 Å². The smallest absolute Gasteiger partial charge is 0.492 e. The van der Waals surface area contributed by atoms with Gasteiger partial charge in [-0.1, -0.05) is 26.3 Å². The van der Waals surface area contributed by atoms with E-state index in [0.717, 1.165) is 12.8 Å². The monoisotopic (exact) mass is 240 g/mol. The van der Waals surface area contributed by atoms with E-state index in [9.17, 15) is 4.39 Å². The summed E-state index contributed by atoms with van der Waals surface area (Å²) < 4.78 is 18.5. The van der Waals surface area contributed by atoms with Crippen LogP contribution in [0.4, 0.5) is 4.39 Å². The Morgan fingerprint density at radius 3 is 2.71 bits per heavy atom. The van der Waals surface area contributed by atoms with Crippen LogP contribution in [0.2, 0.25) is 0 Å². The standard InChI is InChI=1S/C12H18BFO3/c1-3-4-9(2)8-17-12-7-10(14)5-6-11(12)13(15)16/h5-7,9,15-16H,3-4,8H2,1-2H3. The lowest BCUT2D eigenvalue weighted by atomic mass is 9.79. The molecule has 0 radical (unpaired) electrons. The quantitative estimate of drug-likeness (QED) is 0.737. The zero-order valence-corrected chi connectivity index (χ0v) is 10.2. The number of hydrogen-bond donors (Lipinski definition) is 2. The summed E-state index contributed by atoms with van der Waals surface area (Å²) in [6.45, 7) is 4.57. The van der Waals surface area contributed by atoms with Gasteiger partial charge in [0.05, 0.1) is 6.61 Å². The fourth-order valence-electron chi connectivity index (χ4n) is 1.65. The van der Waals surface area contributed by atoms with Gasteiger partial charge in [0.15, 0.2) is 0 Å². The van der Waals surface area contributed by atoms with Crippen LogP contribution in [0.15, 0.2) is 18.2 Å². The summed E-state index contributed by atoms with van der Waals surface area (Å²) in [5, 5.41) is 18.2. The third-order valence-corrected chi connectivity index (χ3v) is 2.56. The van der Waals surface area contributed by atoms with Crippen LogP contribution in [0.5, 0.6) is 5.75 Å². The molecule has 0 saturated carbocycles. The first-order valence-corrected chi connectivity index (χ1v) is 5.83. The molecule has 1 rings (SSSR count). The number of rotatable bonds is 6. The molecule has 1 unspecified atom stereocenters. The zero-order valence-electron chi connectivity index (χ0n) is 10.2. The molecule has 0 heterocycles. The van der Waals surface area contributed by atoms with Gasteiger partial charge in [0, 0.05) is 11.5 Å². The lowest BCUT2D eigenvalue weighted by Crippen LogP contribution is -2.32. The molecule has 1 aromatic rings. The van der Waals surface area contributed by atoms with E-state index in [4.69, 9.17) is 14.8 Å². The molecule has 1 atom stereocenters. The Morgan fingerprint density at radius 2 is 2.12 bits per heavy atom. The van der Waals surface area contributed by atoms with Crippen LogP contribution >= 0.6 is 0 Å². The predicted molar refractivity (Wildman–Crippen MR) is 65.8 cm³/mol. The second-order valence-corrected chi connectivity index (χ2v) is 4.26. The van der Waals surface area contributed by atoms with Gasteiger partial charge in [-0.25, -0.2) is 4.39 Å². The van der Waals surface area contributed by atoms with Crippen molar-refractivity contribution in [2.75, 3.05) is 6.61 Å². The van der Waals surface area contributed by atoms with Crippen molar-refractivity contribution in [3.63, 3.8) is 0 Å². The van der Waals surface area contributed by atoms with E-state index in [1.165, 1.54) is 18.2 Å². The van der Waals surface area contributed by atoms with Crippen molar-refractivity contribution in [1.82, 2.24) is 0 Å². The lowest BCUT2D eigenvalue weighted by molar-refractivity contribution is 0.251. The third kappa shape index (κ3) is 4.36. The molecular weight excluding hydrogens is 222 g/mol. The van der Waals surface area contributed by atoms with Crippen molar-refractivity contribution in [2.24, 2.45) is 5.92 Å². The van der Waals surface area contributed by atoms with Crippen LogP contribution in [0.1, 0.15) is 26.7 Å². The summed E-state index contributed by atoms with van der Waals surface area (Å²) in [4.78, 5) is 0. The van der Waals surface area contributed by atoms with Crippen LogP contribution < -0.4 is 10.2 Å². The number of ether oxygens (including phenoxy) is 1. The summed E-state index contributed by atoms with van der Waals surface area (Å²) in [5.41, 5.74) is 0.190. The Kier molecular flexibility index (Phi) is 5.45. The molecule has 94 valence electrons. The van der Waals surface area contributed by atoms with Gasteiger partial charge in [-0.2, -0.15) is 0 Å². The van der Waals surface area contributed by atoms with E-state index < -0.39 is 12.9 Å². The van der Waals surface area contributed by atoms with E-state index in [2.05, 4.69) is 6.92 Å². The summed E-state index contributed by atoms with van der Waals surface area (Å²) >= 11 is 0. The molecule has 0 amide bonds. The second-order valence-electron chi connectivity index (χ2n) is 4.26. The minimum absolute atomic E-state index is 0.190. The van der Waals surface area contributed by atoms with Gasteiger partial charge >= 0.3 is 7.12 Å². The highest BCUT2D eigenvalue weighted by Crippen LogP contribution is 2.13. The highest BCUT2D eigenvalue weighted by molar-refractivity contribution is 6.59. The summed E-state index contributed by atoms with van der Waals surface area (Å²) in [6, 6.07) is 3.67. The first-order valence-electron chi connectivity index (χ1n) is 5.83. The Labute approximate surface area is 101 Å². The molecule has 0 fully saturated rings. The number of halogens is 1. The Bertz CT molecular complexity index is 358. The Morgan fingerprint density at radius 1 is 1.41 bits per heavy atom. The van der Waals surface area contributed by atoms with Crippen molar-refractivity contribution >= 4 is 12.6 Å². The van der Waals surface area contributed by atoms with Crippen molar-refractivity contribution in [1.29, 1.82) is 0 Å². The third-order valence-electron chi connectivity index (χ3n) is 2.56.